The lowest BCUT2D eigenvalue weighted by molar-refractivity contribution is -0.137. The Balaban J connectivity index is 0.00000364. The van der Waals surface area contributed by atoms with Crippen molar-refractivity contribution in [1.29, 1.82) is 0 Å². The molecule has 0 fully saturated rings. The van der Waals surface area contributed by atoms with Crippen molar-refractivity contribution in [3.8, 4) is 0 Å². The summed E-state index contributed by atoms with van der Waals surface area (Å²) in [6, 6.07) is 5.17. The predicted octanol–water partition coefficient (Wildman–Crippen LogP) is 3.88. The van der Waals surface area contributed by atoms with Gasteiger partial charge in [-0.15, -0.1) is 24.0 Å². The van der Waals surface area contributed by atoms with E-state index in [1.165, 1.54) is 12.1 Å². The van der Waals surface area contributed by atoms with Crippen LogP contribution in [0.5, 0.6) is 0 Å². The topological polar surface area (TPSA) is 45.5 Å². The Morgan fingerprint density at radius 1 is 1.22 bits per heavy atom. The number of hydrogen-bond acceptors (Lipinski definition) is 2. The Bertz CT molecular complexity index is 782. The van der Waals surface area contributed by atoms with Gasteiger partial charge in [-0.05, 0) is 31.5 Å². The number of hydrogen-bond donors (Lipinski definition) is 1. The Kier molecular flexibility index (Phi) is 8.12. The van der Waals surface area contributed by atoms with E-state index in [0.717, 1.165) is 34.6 Å². The van der Waals surface area contributed by atoms with Gasteiger partial charge in [-0.1, -0.05) is 12.1 Å². The lowest BCUT2D eigenvalue weighted by Crippen LogP contribution is -2.38. The highest BCUT2D eigenvalue weighted by Gasteiger charge is 2.29. The quantitative estimate of drug-likeness (QED) is 0.398. The molecule has 27 heavy (non-hydrogen) atoms. The van der Waals surface area contributed by atoms with E-state index in [0.29, 0.717) is 19.0 Å². The minimum Gasteiger partial charge on any atom is -0.352 e. The number of nitrogens with zero attached hydrogens (tertiary/aromatic N) is 4. The van der Waals surface area contributed by atoms with Gasteiger partial charge in [0.25, 0.3) is 0 Å². The van der Waals surface area contributed by atoms with Crippen LogP contribution >= 0.6 is 24.0 Å². The molecule has 2 aromatic rings. The molecule has 1 N–H and O–H groups in total. The smallest absolute Gasteiger partial charge is 0.352 e. The van der Waals surface area contributed by atoms with E-state index in [1.807, 2.05) is 37.5 Å². The molecule has 0 amide bonds. The van der Waals surface area contributed by atoms with Gasteiger partial charge in [0.15, 0.2) is 5.96 Å². The molecule has 0 unspecified atom stereocenters. The molecule has 0 aliphatic heterocycles. The molecule has 0 saturated carbocycles. The molecule has 1 heterocycles. The van der Waals surface area contributed by atoms with E-state index in [4.69, 9.17) is 0 Å². The van der Waals surface area contributed by atoms with Crippen LogP contribution in [-0.4, -0.2) is 34.7 Å². The average Bonchev–Trinajstić information content (AvgIpc) is 2.81. The van der Waals surface area contributed by atoms with Crippen LogP contribution in [0.1, 0.15) is 28.1 Å². The van der Waals surface area contributed by atoms with Gasteiger partial charge in [0.05, 0.1) is 11.3 Å². The molecule has 150 valence electrons. The van der Waals surface area contributed by atoms with Crippen LogP contribution in [0.3, 0.4) is 0 Å². The number of halogens is 4. The predicted molar refractivity (Wildman–Crippen MR) is 111 cm³/mol. The third kappa shape index (κ3) is 5.85. The fraction of sp³-hybridized carbons (Fsp3) is 0.444. The fourth-order valence-corrected chi connectivity index (χ4v) is 2.77. The summed E-state index contributed by atoms with van der Waals surface area (Å²) in [7, 11) is 5.42. The first-order valence-electron chi connectivity index (χ1n) is 8.20. The van der Waals surface area contributed by atoms with Crippen molar-refractivity contribution < 1.29 is 13.2 Å². The third-order valence-corrected chi connectivity index (χ3v) is 4.36. The highest BCUT2D eigenvalue weighted by Crippen LogP contribution is 2.29. The minimum atomic E-state index is -4.32. The second-order valence-corrected chi connectivity index (χ2v) is 6.22. The number of aliphatic imine (C=N–C) groups is 1. The van der Waals surface area contributed by atoms with Gasteiger partial charge < -0.3 is 10.2 Å². The number of aryl methyl sites for hydroxylation is 2. The molecular weight excluding hydrogens is 470 g/mol. The minimum absolute atomic E-state index is 0. The van der Waals surface area contributed by atoms with Gasteiger partial charge in [0.2, 0.25) is 0 Å². The Morgan fingerprint density at radius 3 is 2.26 bits per heavy atom. The van der Waals surface area contributed by atoms with E-state index in [-0.39, 0.29) is 24.0 Å². The summed E-state index contributed by atoms with van der Waals surface area (Å²) in [4.78, 5) is 6.11. The standard InChI is InChI=1S/C18H24F3N5.HI/c1-12-16(13(2)26(5)24-12)10-23-17(22-3)25(4)11-14-6-8-15(9-7-14)18(19,20)21;/h6-9H,10-11H2,1-5H3,(H,22,23);1H. The summed E-state index contributed by atoms with van der Waals surface area (Å²) < 4.78 is 39.8. The molecular formula is C18H25F3IN5. The van der Waals surface area contributed by atoms with Crippen LogP contribution in [0.4, 0.5) is 13.2 Å². The van der Waals surface area contributed by atoms with Gasteiger partial charge in [0.1, 0.15) is 0 Å². The molecule has 9 heteroatoms. The summed E-state index contributed by atoms with van der Waals surface area (Å²) in [5, 5.41) is 7.67. The number of aromatic nitrogens is 2. The third-order valence-electron chi connectivity index (χ3n) is 4.36. The number of guanidine groups is 1. The zero-order chi connectivity index (χ0) is 19.5. The molecule has 0 radical (unpaired) electrons. The Labute approximate surface area is 174 Å². The van der Waals surface area contributed by atoms with Crippen LogP contribution in [0.25, 0.3) is 0 Å². The maximum absolute atomic E-state index is 12.6. The molecule has 1 aromatic heterocycles. The largest absolute Gasteiger partial charge is 0.416 e. The number of benzene rings is 1. The monoisotopic (exact) mass is 495 g/mol. The first kappa shape index (κ1) is 23.3. The molecule has 0 spiro atoms. The summed E-state index contributed by atoms with van der Waals surface area (Å²) in [5.74, 6) is 0.660. The fourth-order valence-electron chi connectivity index (χ4n) is 2.77. The van der Waals surface area contributed by atoms with Crippen LogP contribution in [0.2, 0.25) is 0 Å². The average molecular weight is 495 g/mol. The second-order valence-electron chi connectivity index (χ2n) is 6.22. The summed E-state index contributed by atoms with van der Waals surface area (Å²) in [6.45, 7) is 4.99. The van der Waals surface area contributed by atoms with Gasteiger partial charge in [-0.2, -0.15) is 18.3 Å². The molecule has 1 aromatic carbocycles. The summed E-state index contributed by atoms with van der Waals surface area (Å²) >= 11 is 0. The number of rotatable bonds is 4. The van der Waals surface area contributed by atoms with Crippen molar-refractivity contribution in [1.82, 2.24) is 20.0 Å². The highest BCUT2D eigenvalue weighted by atomic mass is 127. The van der Waals surface area contributed by atoms with E-state index in [2.05, 4.69) is 15.4 Å². The zero-order valence-electron chi connectivity index (χ0n) is 16.1. The van der Waals surface area contributed by atoms with E-state index >= 15 is 0 Å². The Hall–Kier alpha value is -1.78. The molecule has 0 aliphatic carbocycles. The summed E-state index contributed by atoms with van der Waals surface area (Å²) in [5.41, 5.74) is 3.27. The lowest BCUT2D eigenvalue weighted by Gasteiger charge is -2.22. The van der Waals surface area contributed by atoms with Crippen LogP contribution in [0, 0.1) is 13.8 Å². The van der Waals surface area contributed by atoms with Crippen molar-refractivity contribution >= 4 is 29.9 Å². The second kappa shape index (κ2) is 9.43. The molecule has 0 aliphatic rings. The molecule has 0 saturated heterocycles. The number of alkyl halides is 3. The normalized spacial score (nSPS) is 11.9. The van der Waals surface area contributed by atoms with Crippen LogP contribution < -0.4 is 5.32 Å². The van der Waals surface area contributed by atoms with Crippen molar-refractivity contribution in [3.05, 3.63) is 52.3 Å². The van der Waals surface area contributed by atoms with Gasteiger partial charge in [-0.25, -0.2) is 0 Å². The SMILES string of the molecule is CN=C(NCc1c(C)nn(C)c1C)N(C)Cc1ccc(C(F)(F)F)cc1.I. The van der Waals surface area contributed by atoms with Gasteiger partial charge in [-0.3, -0.25) is 9.67 Å². The van der Waals surface area contributed by atoms with Crippen molar-refractivity contribution in [3.63, 3.8) is 0 Å². The molecule has 0 bridgehead atoms. The van der Waals surface area contributed by atoms with Crippen molar-refractivity contribution in [2.75, 3.05) is 14.1 Å². The lowest BCUT2D eigenvalue weighted by atomic mass is 10.1. The zero-order valence-corrected chi connectivity index (χ0v) is 18.4. The number of nitrogens with one attached hydrogen (secondary N) is 1. The van der Waals surface area contributed by atoms with Crippen LogP contribution in [0.15, 0.2) is 29.3 Å². The summed E-state index contributed by atoms with van der Waals surface area (Å²) in [6.07, 6.45) is -4.32. The highest BCUT2D eigenvalue weighted by molar-refractivity contribution is 14.0. The Morgan fingerprint density at radius 2 is 1.81 bits per heavy atom. The van der Waals surface area contributed by atoms with Crippen molar-refractivity contribution in [2.24, 2.45) is 12.0 Å². The first-order valence-corrected chi connectivity index (χ1v) is 8.20. The van der Waals surface area contributed by atoms with E-state index < -0.39 is 11.7 Å². The first-order chi connectivity index (χ1) is 12.1. The van der Waals surface area contributed by atoms with E-state index in [9.17, 15) is 13.2 Å². The maximum Gasteiger partial charge on any atom is 0.416 e. The van der Waals surface area contributed by atoms with E-state index in [1.54, 1.807) is 7.05 Å². The van der Waals surface area contributed by atoms with Crippen molar-refractivity contribution in [2.45, 2.75) is 33.1 Å². The molecule has 5 nitrogen and oxygen atoms in total. The molecule has 2 rings (SSSR count). The van der Waals surface area contributed by atoms with Gasteiger partial charge >= 0.3 is 6.18 Å². The van der Waals surface area contributed by atoms with Gasteiger partial charge in [0, 0.05) is 45.5 Å². The maximum atomic E-state index is 12.6. The molecule has 0 atom stereocenters. The van der Waals surface area contributed by atoms with Crippen LogP contribution in [-0.2, 0) is 26.3 Å².